The van der Waals surface area contributed by atoms with Crippen molar-refractivity contribution in [2.24, 2.45) is 5.92 Å². The Morgan fingerprint density at radius 1 is 1.22 bits per heavy atom. The van der Waals surface area contributed by atoms with Crippen molar-refractivity contribution in [3.05, 3.63) is 29.8 Å². The van der Waals surface area contributed by atoms with E-state index in [9.17, 15) is 14.7 Å². The van der Waals surface area contributed by atoms with E-state index in [1.165, 1.54) is 4.90 Å². The molecule has 0 aromatic heterocycles. The molecule has 2 rings (SSSR count). The number of methoxy groups -OCH3 is 1. The monoisotopic (exact) mass is 321 g/mol. The Labute approximate surface area is 136 Å². The summed E-state index contributed by atoms with van der Waals surface area (Å²) in [7, 11) is 1.55. The minimum Gasteiger partial charge on any atom is -0.496 e. The Morgan fingerprint density at radius 2 is 1.87 bits per heavy atom. The summed E-state index contributed by atoms with van der Waals surface area (Å²) in [5, 5.41) is 9.52. The molecule has 1 unspecified atom stereocenters. The maximum atomic E-state index is 12.2. The third kappa shape index (κ3) is 3.94. The van der Waals surface area contributed by atoms with Crippen LogP contribution in [0.3, 0.4) is 0 Å². The summed E-state index contributed by atoms with van der Waals surface area (Å²) in [5.41, 5.74) is 0.187. The molecule has 1 aliphatic rings. The van der Waals surface area contributed by atoms with Crippen LogP contribution in [0, 0.1) is 5.92 Å². The van der Waals surface area contributed by atoms with Gasteiger partial charge in [-0.25, -0.2) is 4.79 Å². The zero-order valence-corrected chi connectivity index (χ0v) is 13.9. The number of hydrogen-bond donors (Lipinski definition) is 1. The third-order valence-corrected chi connectivity index (χ3v) is 3.83. The summed E-state index contributed by atoms with van der Waals surface area (Å²) in [5.74, 6) is -1.29. The molecule has 1 heterocycles. The van der Waals surface area contributed by atoms with E-state index in [0.29, 0.717) is 12.3 Å². The largest absolute Gasteiger partial charge is 0.496 e. The van der Waals surface area contributed by atoms with Crippen LogP contribution in [0.1, 0.15) is 32.3 Å². The number of carboxylic acids is 1. The van der Waals surface area contributed by atoms with E-state index in [2.05, 4.69) is 0 Å². The second-order valence-corrected chi connectivity index (χ2v) is 6.68. The van der Waals surface area contributed by atoms with Crippen LogP contribution in [0.4, 0.5) is 4.79 Å². The third-order valence-electron chi connectivity index (χ3n) is 3.83. The molecule has 126 valence electrons. The Balaban J connectivity index is 2.25. The van der Waals surface area contributed by atoms with Gasteiger partial charge in [0.05, 0.1) is 13.0 Å². The first kappa shape index (κ1) is 17.1. The molecule has 23 heavy (non-hydrogen) atoms. The summed E-state index contributed by atoms with van der Waals surface area (Å²) >= 11 is 0. The van der Waals surface area contributed by atoms with E-state index in [4.69, 9.17) is 9.47 Å². The molecule has 0 aliphatic carbocycles. The van der Waals surface area contributed by atoms with Gasteiger partial charge in [-0.2, -0.15) is 0 Å². The van der Waals surface area contributed by atoms with E-state index in [-0.39, 0.29) is 12.5 Å². The maximum absolute atomic E-state index is 12.2. The van der Waals surface area contributed by atoms with Crippen LogP contribution in [-0.2, 0) is 9.53 Å². The predicted molar refractivity (Wildman–Crippen MR) is 84.7 cm³/mol. The molecule has 1 N–H and O–H groups in total. The fraction of sp³-hybridized carbons (Fsp3) is 0.529. The summed E-state index contributed by atoms with van der Waals surface area (Å²) in [6, 6.07) is 7.31. The van der Waals surface area contributed by atoms with Crippen LogP contribution < -0.4 is 4.74 Å². The first-order valence-electron chi connectivity index (χ1n) is 7.56. The fourth-order valence-corrected chi connectivity index (χ4v) is 2.82. The standard InChI is InChI=1S/C17H23NO5/c1-17(2,3)23-16(21)18-9-12(13(10-18)15(19)20)11-7-5-6-8-14(11)22-4/h5-8,12-13H,9-10H2,1-4H3,(H,19,20)/t12?,13-/m0/s1. The van der Waals surface area contributed by atoms with Gasteiger partial charge in [-0.1, -0.05) is 18.2 Å². The molecule has 1 aromatic rings. The summed E-state index contributed by atoms with van der Waals surface area (Å²) in [6.45, 7) is 5.79. The van der Waals surface area contributed by atoms with Crippen LogP contribution >= 0.6 is 0 Å². The molecule has 0 bridgehead atoms. The molecule has 0 spiro atoms. The number of hydrogen-bond acceptors (Lipinski definition) is 4. The molecule has 1 aromatic carbocycles. The van der Waals surface area contributed by atoms with Crippen LogP contribution in [0.15, 0.2) is 24.3 Å². The number of ether oxygens (including phenoxy) is 2. The number of para-hydroxylation sites is 1. The lowest BCUT2D eigenvalue weighted by Gasteiger charge is -2.24. The number of benzene rings is 1. The number of aliphatic carboxylic acids is 1. The maximum Gasteiger partial charge on any atom is 0.410 e. The van der Waals surface area contributed by atoms with Gasteiger partial charge in [0.15, 0.2) is 0 Å². The van der Waals surface area contributed by atoms with Crippen LogP contribution in [0.25, 0.3) is 0 Å². The topological polar surface area (TPSA) is 76.1 Å². The zero-order chi connectivity index (χ0) is 17.2. The molecule has 1 fully saturated rings. The first-order chi connectivity index (χ1) is 10.7. The highest BCUT2D eigenvalue weighted by Crippen LogP contribution is 2.38. The highest BCUT2D eigenvalue weighted by atomic mass is 16.6. The van der Waals surface area contributed by atoms with Gasteiger partial charge >= 0.3 is 12.1 Å². The number of carbonyl (C=O) groups is 2. The highest BCUT2D eigenvalue weighted by Gasteiger charge is 2.42. The Kier molecular flexibility index (Phi) is 4.82. The average Bonchev–Trinajstić information content (AvgIpc) is 2.90. The molecular weight excluding hydrogens is 298 g/mol. The van der Waals surface area contributed by atoms with Gasteiger partial charge in [0, 0.05) is 19.0 Å². The van der Waals surface area contributed by atoms with Gasteiger partial charge in [0.2, 0.25) is 0 Å². The van der Waals surface area contributed by atoms with Crippen molar-refractivity contribution >= 4 is 12.1 Å². The Bertz CT molecular complexity index is 593. The second kappa shape index (κ2) is 6.48. The molecule has 1 aliphatic heterocycles. The minimum atomic E-state index is -0.924. The number of nitrogens with zero attached hydrogens (tertiary/aromatic N) is 1. The van der Waals surface area contributed by atoms with Gasteiger partial charge in [-0.15, -0.1) is 0 Å². The normalized spacial score (nSPS) is 21.1. The van der Waals surface area contributed by atoms with Crippen LogP contribution in [0.5, 0.6) is 5.75 Å². The van der Waals surface area contributed by atoms with Crippen molar-refractivity contribution in [3.63, 3.8) is 0 Å². The van der Waals surface area contributed by atoms with Crippen LogP contribution in [0.2, 0.25) is 0 Å². The van der Waals surface area contributed by atoms with Crippen molar-refractivity contribution < 1.29 is 24.2 Å². The number of carboxylic acid groups (broad SMARTS) is 1. The number of amides is 1. The zero-order valence-electron chi connectivity index (χ0n) is 13.9. The van der Waals surface area contributed by atoms with Gasteiger partial charge in [-0.3, -0.25) is 4.79 Å². The SMILES string of the molecule is COc1ccccc1C1CN(C(=O)OC(C)(C)C)C[C@@H]1C(=O)O. The smallest absolute Gasteiger partial charge is 0.410 e. The average molecular weight is 321 g/mol. The first-order valence-corrected chi connectivity index (χ1v) is 7.56. The molecule has 0 saturated carbocycles. The van der Waals surface area contributed by atoms with Crippen LogP contribution in [-0.4, -0.2) is 47.9 Å². The molecular formula is C17H23NO5. The summed E-state index contributed by atoms with van der Waals surface area (Å²) in [6.07, 6.45) is -0.485. The Morgan fingerprint density at radius 3 is 2.43 bits per heavy atom. The predicted octanol–water partition coefficient (Wildman–Crippen LogP) is 2.73. The molecule has 1 saturated heterocycles. The van der Waals surface area contributed by atoms with Crippen molar-refractivity contribution in [2.45, 2.75) is 32.3 Å². The minimum absolute atomic E-state index is 0.132. The van der Waals surface area contributed by atoms with Crippen molar-refractivity contribution in [1.29, 1.82) is 0 Å². The number of carbonyl (C=O) groups excluding carboxylic acids is 1. The molecule has 6 heteroatoms. The van der Waals surface area contributed by atoms with Gasteiger partial charge in [-0.05, 0) is 32.4 Å². The summed E-state index contributed by atoms with van der Waals surface area (Å²) in [4.78, 5) is 25.3. The highest BCUT2D eigenvalue weighted by molar-refractivity contribution is 5.76. The molecule has 6 nitrogen and oxygen atoms in total. The summed E-state index contributed by atoms with van der Waals surface area (Å²) < 4.78 is 10.7. The lowest BCUT2D eigenvalue weighted by molar-refractivity contribution is -0.141. The molecule has 0 radical (unpaired) electrons. The lowest BCUT2D eigenvalue weighted by Crippen LogP contribution is -2.35. The van der Waals surface area contributed by atoms with Crippen molar-refractivity contribution in [2.75, 3.05) is 20.2 Å². The van der Waals surface area contributed by atoms with Gasteiger partial charge in [0.25, 0.3) is 0 Å². The Hall–Kier alpha value is -2.24. The quantitative estimate of drug-likeness (QED) is 0.926. The van der Waals surface area contributed by atoms with E-state index in [0.717, 1.165) is 5.56 Å². The van der Waals surface area contributed by atoms with Gasteiger partial charge < -0.3 is 19.5 Å². The van der Waals surface area contributed by atoms with E-state index < -0.39 is 23.6 Å². The van der Waals surface area contributed by atoms with Crippen molar-refractivity contribution in [1.82, 2.24) is 4.90 Å². The molecule has 1 amide bonds. The molecule has 2 atom stereocenters. The number of likely N-dealkylation sites (tertiary alicyclic amines) is 1. The van der Waals surface area contributed by atoms with Crippen molar-refractivity contribution in [3.8, 4) is 5.75 Å². The number of rotatable bonds is 3. The fourth-order valence-electron chi connectivity index (χ4n) is 2.82. The second-order valence-electron chi connectivity index (χ2n) is 6.68. The van der Waals surface area contributed by atoms with Gasteiger partial charge in [0.1, 0.15) is 11.4 Å². The lowest BCUT2D eigenvalue weighted by atomic mass is 9.88. The van der Waals surface area contributed by atoms with E-state index in [1.54, 1.807) is 33.9 Å². The van der Waals surface area contributed by atoms with E-state index in [1.807, 2.05) is 18.2 Å². The van der Waals surface area contributed by atoms with E-state index >= 15 is 0 Å².